The van der Waals surface area contributed by atoms with Gasteiger partial charge < -0.3 is 15.0 Å². The summed E-state index contributed by atoms with van der Waals surface area (Å²) < 4.78 is 41.0. The Balaban J connectivity index is 3.61. The molecule has 0 aliphatic rings. The number of alkyl halides is 3. The fourth-order valence-electron chi connectivity index (χ4n) is 1.04. The van der Waals surface area contributed by atoms with Gasteiger partial charge in [-0.15, -0.1) is 0 Å². The van der Waals surface area contributed by atoms with Gasteiger partial charge in [0.2, 0.25) is 0 Å². The zero-order valence-corrected chi connectivity index (χ0v) is 11.0. The van der Waals surface area contributed by atoms with Crippen LogP contribution in [-0.2, 0) is 4.74 Å². The Morgan fingerprint density at radius 3 is 2.59 bits per heavy atom. The molecule has 0 fully saturated rings. The van der Waals surface area contributed by atoms with E-state index >= 15 is 0 Å². The molecule has 0 spiro atoms. The number of nitrogens with one attached hydrogen (secondary N) is 1. The van der Waals surface area contributed by atoms with Crippen LogP contribution in [0.3, 0.4) is 0 Å². The van der Waals surface area contributed by atoms with Gasteiger partial charge in [-0.2, -0.15) is 13.2 Å². The number of nitrogens with zero attached hydrogens (tertiary/aromatic N) is 1. The summed E-state index contributed by atoms with van der Waals surface area (Å²) in [4.78, 5) is 1.39. The Kier molecular flexibility index (Phi) is 8.24. The van der Waals surface area contributed by atoms with Crippen molar-refractivity contribution in [2.24, 2.45) is 0 Å². The van der Waals surface area contributed by atoms with Crippen LogP contribution in [0.2, 0.25) is 0 Å². The first-order valence-electron chi connectivity index (χ1n) is 5.50. The van der Waals surface area contributed by atoms with Crippen LogP contribution >= 0.6 is 12.2 Å². The minimum atomic E-state index is -4.14. The summed E-state index contributed by atoms with van der Waals surface area (Å²) in [5.41, 5.74) is 0. The molecule has 0 heterocycles. The van der Waals surface area contributed by atoms with Gasteiger partial charge in [-0.1, -0.05) is 0 Å². The van der Waals surface area contributed by atoms with Crippen molar-refractivity contribution in [2.45, 2.75) is 25.9 Å². The molecule has 0 rings (SSSR count). The minimum absolute atomic E-state index is 0.124. The lowest BCUT2D eigenvalue weighted by Crippen LogP contribution is -2.39. The predicted octanol–water partition coefficient (Wildman–Crippen LogP) is 2.17. The van der Waals surface area contributed by atoms with E-state index in [2.05, 4.69) is 5.32 Å². The lowest BCUT2D eigenvalue weighted by atomic mass is 10.4. The molecule has 3 nitrogen and oxygen atoms in total. The molecule has 0 aromatic heterocycles. The van der Waals surface area contributed by atoms with E-state index in [0.29, 0.717) is 24.9 Å². The molecule has 0 saturated carbocycles. The van der Waals surface area contributed by atoms with Gasteiger partial charge in [0.25, 0.3) is 0 Å². The average Bonchev–Trinajstić information content (AvgIpc) is 2.24. The van der Waals surface area contributed by atoms with Crippen molar-refractivity contribution in [3.8, 4) is 0 Å². The summed E-state index contributed by atoms with van der Waals surface area (Å²) >= 11 is 4.95. The van der Waals surface area contributed by atoms with Gasteiger partial charge >= 0.3 is 6.18 Å². The number of hydrogen-bond donors (Lipinski definition) is 1. The van der Waals surface area contributed by atoms with Crippen LogP contribution in [0.4, 0.5) is 13.2 Å². The normalized spacial score (nSPS) is 11.4. The smallest absolute Gasteiger partial charge is 0.382 e. The molecule has 0 unspecified atom stereocenters. The zero-order valence-electron chi connectivity index (χ0n) is 10.1. The van der Waals surface area contributed by atoms with Crippen LogP contribution in [0.5, 0.6) is 0 Å². The van der Waals surface area contributed by atoms with Crippen molar-refractivity contribution in [3.05, 3.63) is 0 Å². The van der Waals surface area contributed by atoms with Crippen LogP contribution in [0.1, 0.15) is 19.8 Å². The fourth-order valence-corrected chi connectivity index (χ4v) is 1.24. The molecule has 0 aliphatic heterocycles. The lowest BCUT2D eigenvalue weighted by molar-refractivity contribution is -0.135. The summed E-state index contributed by atoms with van der Waals surface area (Å²) in [6.07, 6.45) is -4.22. The first kappa shape index (κ1) is 16.4. The molecule has 0 atom stereocenters. The van der Waals surface area contributed by atoms with Gasteiger partial charge in [0, 0.05) is 33.4 Å². The van der Waals surface area contributed by atoms with Gasteiger partial charge in [0.1, 0.15) is 0 Å². The van der Waals surface area contributed by atoms with E-state index in [0.717, 1.165) is 6.42 Å². The maximum Gasteiger partial charge on any atom is 0.390 e. The molecule has 0 saturated heterocycles. The lowest BCUT2D eigenvalue weighted by Gasteiger charge is -2.21. The molecule has 0 aliphatic carbocycles. The molecule has 0 bridgehead atoms. The molecule has 1 N–H and O–H groups in total. The van der Waals surface area contributed by atoms with Crippen LogP contribution in [0.15, 0.2) is 0 Å². The molecule has 0 amide bonds. The quantitative estimate of drug-likeness (QED) is 0.567. The summed E-state index contributed by atoms with van der Waals surface area (Å²) in [6, 6.07) is 0. The number of ether oxygens (including phenoxy) is 1. The third-order valence-electron chi connectivity index (χ3n) is 2.02. The Morgan fingerprint density at radius 1 is 1.41 bits per heavy atom. The Bertz CT molecular complexity index is 224. The maximum absolute atomic E-state index is 12.0. The number of rotatable bonds is 7. The first-order chi connectivity index (χ1) is 7.87. The highest BCUT2D eigenvalue weighted by Crippen LogP contribution is 2.19. The number of thiocarbonyl (C=S) groups is 1. The second kappa shape index (κ2) is 8.52. The van der Waals surface area contributed by atoms with Crippen molar-refractivity contribution < 1.29 is 17.9 Å². The van der Waals surface area contributed by atoms with E-state index in [1.807, 2.05) is 6.92 Å². The van der Waals surface area contributed by atoms with E-state index in [-0.39, 0.29) is 6.54 Å². The Labute approximate surface area is 105 Å². The van der Waals surface area contributed by atoms with Crippen LogP contribution in [0, 0.1) is 0 Å². The van der Waals surface area contributed by atoms with Gasteiger partial charge in [0.15, 0.2) is 5.11 Å². The van der Waals surface area contributed by atoms with Gasteiger partial charge in [-0.3, -0.25) is 0 Å². The second-order valence-corrected chi connectivity index (χ2v) is 3.96. The molecular formula is C10H19F3N2OS. The second-order valence-electron chi connectivity index (χ2n) is 3.57. The third kappa shape index (κ3) is 10.3. The van der Waals surface area contributed by atoms with Crippen molar-refractivity contribution >= 4 is 17.3 Å². The van der Waals surface area contributed by atoms with Crippen molar-refractivity contribution in [2.75, 3.05) is 33.4 Å². The number of hydrogen-bond acceptors (Lipinski definition) is 2. The topological polar surface area (TPSA) is 24.5 Å². The minimum Gasteiger partial charge on any atom is -0.382 e. The van der Waals surface area contributed by atoms with Crippen molar-refractivity contribution in [1.82, 2.24) is 10.2 Å². The average molecular weight is 272 g/mol. The summed E-state index contributed by atoms with van der Waals surface area (Å²) in [6.45, 7) is 3.67. The number of halogens is 3. The van der Waals surface area contributed by atoms with Gasteiger partial charge in [-0.25, -0.2) is 0 Å². The van der Waals surface area contributed by atoms with Crippen LogP contribution in [0.25, 0.3) is 0 Å². The molecular weight excluding hydrogens is 253 g/mol. The molecule has 0 radical (unpaired) electrons. The maximum atomic E-state index is 12.0. The molecule has 7 heteroatoms. The van der Waals surface area contributed by atoms with E-state index in [1.54, 1.807) is 7.05 Å². The SMILES string of the molecule is CCOCCCNC(=S)N(C)CCC(F)(F)F. The van der Waals surface area contributed by atoms with E-state index in [4.69, 9.17) is 17.0 Å². The third-order valence-corrected chi connectivity index (χ3v) is 2.48. The summed E-state index contributed by atoms with van der Waals surface area (Å²) in [5.74, 6) is 0. The molecule has 102 valence electrons. The molecule has 0 aromatic rings. The van der Waals surface area contributed by atoms with Crippen molar-refractivity contribution in [3.63, 3.8) is 0 Å². The standard InChI is InChI=1S/C10H19F3N2OS/c1-3-16-8-4-6-14-9(17)15(2)7-5-10(11,12)13/h3-8H2,1-2H3,(H,14,17). The monoisotopic (exact) mass is 272 g/mol. The van der Waals surface area contributed by atoms with Crippen LogP contribution < -0.4 is 5.32 Å². The molecule has 0 aromatic carbocycles. The highest BCUT2D eigenvalue weighted by molar-refractivity contribution is 7.80. The van der Waals surface area contributed by atoms with E-state index in [9.17, 15) is 13.2 Å². The summed E-state index contributed by atoms with van der Waals surface area (Å²) in [5, 5.41) is 3.23. The van der Waals surface area contributed by atoms with Crippen molar-refractivity contribution in [1.29, 1.82) is 0 Å². The van der Waals surface area contributed by atoms with Crippen LogP contribution in [-0.4, -0.2) is 49.5 Å². The highest BCUT2D eigenvalue weighted by Gasteiger charge is 2.27. The zero-order chi connectivity index (χ0) is 13.3. The van der Waals surface area contributed by atoms with E-state index < -0.39 is 12.6 Å². The van der Waals surface area contributed by atoms with Gasteiger partial charge in [-0.05, 0) is 25.6 Å². The summed E-state index contributed by atoms with van der Waals surface area (Å²) in [7, 11) is 1.55. The predicted molar refractivity (Wildman–Crippen MR) is 65.0 cm³/mol. The molecule has 17 heavy (non-hydrogen) atoms. The largest absolute Gasteiger partial charge is 0.390 e. The van der Waals surface area contributed by atoms with E-state index in [1.165, 1.54) is 4.90 Å². The Morgan fingerprint density at radius 2 is 2.06 bits per heavy atom. The Hall–Kier alpha value is -0.560. The van der Waals surface area contributed by atoms with Gasteiger partial charge in [0.05, 0.1) is 6.42 Å². The first-order valence-corrected chi connectivity index (χ1v) is 5.91. The fraction of sp³-hybridized carbons (Fsp3) is 0.900. The highest BCUT2D eigenvalue weighted by atomic mass is 32.1.